The summed E-state index contributed by atoms with van der Waals surface area (Å²) in [7, 11) is 0. The van der Waals surface area contributed by atoms with Crippen LogP contribution >= 0.6 is 27.5 Å². The number of aliphatic hydroxyl groups is 1. The van der Waals surface area contributed by atoms with Crippen LogP contribution in [0.4, 0.5) is 0 Å². The molecule has 0 bridgehead atoms. The minimum Gasteiger partial charge on any atom is -0.478 e. The van der Waals surface area contributed by atoms with Crippen molar-refractivity contribution in [1.29, 1.82) is 0 Å². The van der Waals surface area contributed by atoms with Gasteiger partial charge in [0.15, 0.2) is 11.2 Å². The first-order chi connectivity index (χ1) is 14.4. The molecule has 0 amide bonds. The first kappa shape index (κ1) is 19.3. The first-order valence-electron chi connectivity index (χ1n) is 9.21. The van der Waals surface area contributed by atoms with Crippen molar-refractivity contribution >= 4 is 33.5 Å². The maximum atomic E-state index is 12.3. The van der Waals surface area contributed by atoms with Gasteiger partial charge in [0.1, 0.15) is 11.4 Å². The van der Waals surface area contributed by atoms with Crippen LogP contribution in [0.15, 0.2) is 83.0 Å². The number of carboxylic acid groups (broad SMARTS) is 1. The molecule has 2 aromatic carbocycles. The standard InChI is InChI=1S/C23H15BrClNO4/c24-15-8-6-14(7-9-15)23-19(13-4-2-1-3-5-13)17(21(27)28)11-22(23,29)20-18(30-23)10-16(25)12-26-20/h1-12,19,29H,(H,27,28)/t19-,22-,23+/m1/s1. The highest BCUT2D eigenvalue weighted by Crippen LogP contribution is 2.65. The lowest BCUT2D eigenvalue weighted by Crippen LogP contribution is -2.49. The minimum atomic E-state index is -1.80. The molecular formula is C23H15BrClNO4. The Hall–Kier alpha value is -2.67. The van der Waals surface area contributed by atoms with Gasteiger partial charge >= 0.3 is 5.97 Å². The van der Waals surface area contributed by atoms with Crippen molar-refractivity contribution in [2.45, 2.75) is 17.1 Å². The summed E-state index contributed by atoms with van der Waals surface area (Å²) in [6.45, 7) is 0. The number of ether oxygens (including phenoxy) is 1. The Morgan fingerprint density at radius 1 is 1.13 bits per heavy atom. The summed E-state index contributed by atoms with van der Waals surface area (Å²) in [5, 5.41) is 22.4. The molecule has 30 heavy (non-hydrogen) atoms. The molecule has 2 N–H and O–H groups in total. The molecule has 5 rings (SSSR count). The summed E-state index contributed by atoms with van der Waals surface area (Å²) in [5.74, 6) is -1.58. The summed E-state index contributed by atoms with van der Waals surface area (Å²) in [5.41, 5.74) is -1.62. The van der Waals surface area contributed by atoms with E-state index < -0.39 is 23.1 Å². The van der Waals surface area contributed by atoms with E-state index in [1.54, 1.807) is 6.07 Å². The van der Waals surface area contributed by atoms with E-state index in [2.05, 4.69) is 20.9 Å². The van der Waals surface area contributed by atoms with Crippen LogP contribution in [-0.4, -0.2) is 21.2 Å². The second-order valence-electron chi connectivity index (χ2n) is 7.36. The van der Waals surface area contributed by atoms with Crippen molar-refractivity contribution in [3.8, 4) is 5.75 Å². The monoisotopic (exact) mass is 483 g/mol. The fourth-order valence-corrected chi connectivity index (χ4v) is 4.99. The van der Waals surface area contributed by atoms with Crippen LogP contribution in [0.25, 0.3) is 0 Å². The van der Waals surface area contributed by atoms with Gasteiger partial charge in [-0.25, -0.2) is 4.79 Å². The van der Waals surface area contributed by atoms with Crippen LogP contribution in [0.5, 0.6) is 5.75 Å². The number of carboxylic acids is 1. The van der Waals surface area contributed by atoms with E-state index in [9.17, 15) is 15.0 Å². The van der Waals surface area contributed by atoms with E-state index in [1.807, 2.05) is 54.6 Å². The summed E-state index contributed by atoms with van der Waals surface area (Å²) < 4.78 is 7.30. The topological polar surface area (TPSA) is 79.7 Å². The Morgan fingerprint density at radius 2 is 1.83 bits per heavy atom. The third-order valence-electron chi connectivity index (χ3n) is 5.75. The Balaban J connectivity index is 1.86. The number of aliphatic carboxylic acids is 1. The molecule has 0 unspecified atom stereocenters. The zero-order valence-electron chi connectivity index (χ0n) is 15.4. The molecular weight excluding hydrogens is 470 g/mol. The second kappa shape index (κ2) is 6.67. The van der Waals surface area contributed by atoms with Gasteiger partial charge in [-0.3, -0.25) is 4.98 Å². The quantitative estimate of drug-likeness (QED) is 0.559. The van der Waals surface area contributed by atoms with Gasteiger partial charge < -0.3 is 14.9 Å². The van der Waals surface area contributed by atoms with Crippen LogP contribution in [-0.2, 0) is 16.0 Å². The summed E-state index contributed by atoms with van der Waals surface area (Å²) in [6.07, 6.45) is 2.78. The van der Waals surface area contributed by atoms with Gasteiger partial charge in [-0.2, -0.15) is 0 Å². The van der Waals surface area contributed by atoms with E-state index in [0.717, 1.165) is 4.47 Å². The maximum absolute atomic E-state index is 12.3. The lowest BCUT2D eigenvalue weighted by molar-refractivity contribution is -0.133. The number of carbonyl (C=O) groups is 1. The number of pyridine rings is 1. The van der Waals surface area contributed by atoms with E-state index in [-0.39, 0.29) is 11.3 Å². The molecule has 1 aromatic heterocycles. The Kier molecular flexibility index (Phi) is 4.29. The molecule has 7 heteroatoms. The van der Waals surface area contributed by atoms with Crippen LogP contribution in [0, 0.1) is 0 Å². The number of benzene rings is 2. The summed E-state index contributed by atoms with van der Waals surface area (Å²) in [6, 6.07) is 18.1. The van der Waals surface area contributed by atoms with Gasteiger partial charge in [0.25, 0.3) is 0 Å². The molecule has 0 saturated heterocycles. The normalized spacial score (nSPS) is 26.5. The van der Waals surface area contributed by atoms with Gasteiger partial charge in [0.05, 0.1) is 10.9 Å². The van der Waals surface area contributed by atoms with E-state index in [4.69, 9.17) is 16.3 Å². The van der Waals surface area contributed by atoms with E-state index >= 15 is 0 Å². The molecule has 0 fully saturated rings. The van der Waals surface area contributed by atoms with Crippen molar-refractivity contribution < 1.29 is 19.7 Å². The highest BCUT2D eigenvalue weighted by Gasteiger charge is 2.70. The number of hydrogen-bond acceptors (Lipinski definition) is 4. The molecule has 2 heterocycles. The molecule has 0 saturated carbocycles. The number of hydrogen-bond donors (Lipinski definition) is 2. The molecule has 2 aliphatic rings. The zero-order valence-corrected chi connectivity index (χ0v) is 17.8. The predicted molar refractivity (Wildman–Crippen MR) is 114 cm³/mol. The third-order valence-corrected chi connectivity index (χ3v) is 6.49. The van der Waals surface area contributed by atoms with E-state index in [1.165, 1.54) is 12.3 Å². The van der Waals surface area contributed by atoms with Gasteiger partial charge in [-0.1, -0.05) is 70.0 Å². The van der Waals surface area contributed by atoms with Gasteiger partial charge in [-0.15, -0.1) is 0 Å². The highest BCUT2D eigenvalue weighted by atomic mass is 79.9. The molecule has 1 aliphatic heterocycles. The van der Waals surface area contributed by atoms with Crippen LogP contribution in [0.2, 0.25) is 5.02 Å². The van der Waals surface area contributed by atoms with E-state index in [0.29, 0.717) is 21.9 Å². The van der Waals surface area contributed by atoms with Crippen molar-refractivity contribution in [3.63, 3.8) is 0 Å². The average Bonchev–Trinajstić information content (AvgIpc) is 3.13. The Morgan fingerprint density at radius 3 is 2.50 bits per heavy atom. The van der Waals surface area contributed by atoms with Crippen LogP contribution < -0.4 is 4.74 Å². The fourth-order valence-electron chi connectivity index (χ4n) is 4.58. The Bertz CT molecular complexity index is 1200. The summed E-state index contributed by atoms with van der Waals surface area (Å²) in [4.78, 5) is 16.6. The largest absolute Gasteiger partial charge is 0.478 e. The Labute approximate surface area is 185 Å². The van der Waals surface area contributed by atoms with Gasteiger partial charge in [-0.05, 0) is 23.8 Å². The van der Waals surface area contributed by atoms with Crippen molar-refractivity contribution in [2.24, 2.45) is 0 Å². The lowest BCUT2D eigenvalue weighted by Gasteiger charge is -2.40. The predicted octanol–water partition coefficient (Wildman–Crippen LogP) is 4.78. The minimum absolute atomic E-state index is 0.0500. The lowest BCUT2D eigenvalue weighted by atomic mass is 9.70. The van der Waals surface area contributed by atoms with Crippen molar-refractivity contribution in [1.82, 2.24) is 4.98 Å². The molecule has 0 spiro atoms. The zero-order chi connectivity index (χ0) is 21.1. The molecule has 5 nitrogen and oxygen atoms in total. The third kappa shape index (κ3) is 2.51. The summed E-state index contributed by atoms with van der Waals surface area (Å²) >= 11 is 9.56. The van der Waals surface area contributed by atoms with Crippen molar-refractivity contribution in [2.75, 3.05) is 0 Å². The van der Waals surface area contributed by atoms with Crippen LogP contribution in [0.3, 0.4) is 0 Å². The van der Waals surface area contributed by atoms with Crippen molar-refractivity contribution in [3.05, 3.63) is 105 Å². The molecule has 150 valence electrons. The average molecular weight is 485 g/mol. The first-order valence-corrected chi connectivity index (χ1v) is 10.4. The smallest absolute Gasteiger partial charge is 0.332 e. The van der Waals surface area contributed by atoms with Crippen LogP contribution in [0.1, 0.15) is 22.7 Å². The molecule has 3 atom stereocenters. The molecule has 0 radical (unpaired) electrons. The fraction of sp³-hybridized carbons (Fsp3) is 0.130. The molecule has 1 aliphatic carbocycles. The molecule has 3 aromatic rings. The second-order valence-corrected chi connectivity index (χ2v) is 8.71. The van der Waals surface area contributed by atoms with Gasteiger partial charge in [0, 0.05) is 27.9 Å². The number of aromatic nitrogens is 1. The number of fused-ring (bicyclic) bond motifs is 3. The maximum Gasteiger partial charge on any atom is 0.332 e. The SMILES string of the molecule is O=C(O)C1=C[C@@]2(O)c3ncc(Cl)cc3O[C@@]2(c2ccc(Br)cc2)[C@@H]1c1ccccc1. The van der Waals surface area contributed by atoms with Gasteiger partial charge in [0.2, 0.25) is 0 Å². The number of nitrogens with zero attached hydrogens (tertiary/aromatic N) is 1. The number of rotatable bonds is 3. The highest BCUT2D eigenvalue weighted by molar-refractivity contribution is 9.10. The number of halogens is 2.